The molecule has 1 saturated heterocycles. The number of carbonyl (C=O) groups excluding carboxylic acids is 1. The van der Waals surface area contributed by atoms with Gasteiger partial charge in [0.2, 0.25) is 0 Å². The van der Waals surface area contributed by atoms with Gasteiger partial charge in [-0.2, -0.15) is 18.2 Å². The molecule has 2 aromatic rings. The number of anilines is 1. The fourth-order valence-corrected chi connectivity index (χ4v) is 4.92. The predicted octanol–water partition coefficient (Wildman–Crippen LogP) is 4.63. The van der Waals surface area contributed by atoms with Crippen LogP contribution in [0.25, 0.3) is 6.08 Å². The number of hydrogen-bond acceptors (Lipinski definition) is 7. The zero-order valence-corrected chi connectivity index (χ0v) is 20.4. The van der Waals surface area contributed by atoms with Crippen LogP contribution in [-0.2, 0) is 22.3 Å². The quantitative estimate of drug-likeness (QED) is 0.366. The summed E-state index contributed by atoms with van der Waals surface area (Å²) in [4.78, 5) is 18.9. The molecule has 3 N–H and O–H groups in total. The fraction of sp³-hybridized carbons (Fsp3) is 0.292. The highest BCUT2D eigenvalue weighted by Crippen LogP contribution is 2.35. The average Bonchev–Trinajstić information content (AvgIpc) is 3.23. The number of amides is 1. The Kier molecular flexibility index (Phi) is 8.04. The SMILES string of the molecule is N=Cc1cc(/C=C2\SC(N3CCO[C@H](CO)C3)=NC2=O)ccc1NCc1ccc(Cl)cc1C(F)(F)F. The Labute approximate surface area is 214 Å². The summed E-state index contributed by atoms with van der Waals surface area (Å²) in [7, 11) is 0. The van der Waals surface area contributed by atoms with Crippen molar-refractivity contribution >= 4 is 52.4 Å². The van der Waals surface area contributed by atoms with Gasteiger partial charge in [0.1, 0.15) is 0 Å². The molecule has 36 heavy (non-hydrogen) atoms. The Morgan fingerprint density at radius 3 is 2.83 bits per heavy atom. The standard InChI is InChI=1S/C24H22ClF3N4O3S/c25-17-3-2-15(19(9-17)24(26,27)28)11-30-20-4-1-14(7-16(20)10-29)8-21-22(34)31-23(36-21)32-5-6-35-18(12-32)13-33/h1-4,7-10,18,29-30,33H,5-6,11-13H2/b21-8-,29-10?/t18-/m0/s1. The number of hydrogen-bond donors (Lipinski definition) is 3. The fourth-order valence-electron chi connectivity index (χ4n) is 3.80. The number of amidine groups is 1. The lowest BCUT2D eigenvalue weighted by atomic mass is 10.1. The second-order valence-electron chi connectivity index (χ2n) is 8.08. The number of nitrogens with zero attached hydrogens (tertiary/aromatic N) is 2. The molecule has 0 saturated carbocycles. The third kappa shape index (κ3) is 6.09. The minimum atomic E-state index is -4.55. The van der Waals surface area contributed by atoms with Gasteiger partial charge in [0, 0.05) is 42.1 Å². The van der Waals surface area contributed by atoms with E-state index in [0.29, 0.717) is 46.6 Å². The maximum absolute atomic E-state index is 13.4. The molecule has 0 spiro atoms. The van der Waals surface area contributed by atoms with Crippen molar-refractivity contribution in [1.82, 2.24) is 4.90 Å². The highest BCUT2D eigenvalue weighted by Gasteiger charge is 2.33. The predicted molar refractivity (Wildman–Crippen MR) is 135 cm³/mol. The summed E-state index contributed by atoms with van der Waals surface area (Å²) in [5.41, 5.74) is 0.768. The Hall–Kier alpha value is -2.86. The number of aliphatic imine (C=N–C) groups is 1. The zero-order valence-electron chi connectivity index (χ0n) is 18.8. The van der Waals surface area contributed by atoms with Gasteiger partial charge in [-0.25, -0.2) is 0 Å². The van der Waals surface area contributed by atoms with Crippen LogP contribution in [-0.4, -0.2) is 59.7 Å². The van der Waals surface area contributed by atoms with E-state index in [1.807, 2.05) is 4.90 Å². The molecular formula is C24H22ClF3N4O3S. The number of aliphatic hydroxyl groups is 1. The van der Waals surface area contributed by atoms with Gasteiger partial charge >= 0.3 is 6.18 Å². The van der Waals surface area contributed by atoms with Crippen LogP contribution in [0.15, 0.2) is 46.3 Å². The Bertz CT molecular complexity index is 1240. The second kappa shape index (κ2) is 11.0. The third-order valence-corrected chi connectivity index (χ3v) is 6.88. The van der Waals surface area contributed by atoms with Crippen LogP contribution in [0.4, 0.5) is 18.9 Å². The lowest BCUT2D eigenvalue weighted by Crippen LogP contribution is -2.45. The van der Waals surface area contributed by atoms with Crippen LogP contribution in [0.1, 0.15) is 22.3 Å². The van der Waals surface area contributed by atoms with Crippen molar-refractivity contribution in [2.75, 3.05) is 31.6 Å². The lowest BCUT2D eigenvalue weighted by Gasteiger charge is -2.32. The van der Waals surface area contributed by atoms with Crippen LogP contribution in [0.3, 0.4) is 0 Å². The van der Waals surface area contributed by atoms with Crippen molar-refractivity contribution in [2.24, 2.45) is 4.99 Å². The average molecular weight is 539 g/mol. The number of ether oxygens (including phenoxy) is 1. The van der Waals surface area contributed by atoms with E-state index in [1.165, 1.54) is 23.9 Å². The molecule has 1 amide bonds. The van der Waals surface area contributed by atoms with E-state index in [1.54, 1.807) is 24.3 Å². The van der Waals surface area contributed by atoms with Gasteiger partial charge in [-0.05, 0) is 53.2 Å². The number of carbonyl (C=O) groups is 1. The molecule has 0 aliphatic carbocycles. The first-order chi connectivity index (χ1) is 17.2. The number of alkyl halides is 3. The number of morpholine rings is 1. The molecule has 2 aliphatic heterocycles. The van der Waals surface area contributed by atoms with Gasteiger partial charge < -0.3 is 25.5 Å². The molecular weight excluding hydrogens is 517 g/mol. The molecule has 0 aromatic heterocycles. The van der Waals surface area contributed by atoms with Crippen molar-refractivity contribution in [1.29, 1.82) is 5.41 Å². The van der Waals surface area contributed by atoms with E-state index >= 15 is 0 Å². The summed E-state index contributed by atoms with van der Waals surface area (Å²) >= 11 is 6.97. The maximum atomic E-state index is 13.4. The topological polar surface area (TPSA) is 98.0 Å². The summed E-state index contributed by atoms with van der Waals surface area (Å²) in [6, 6.07) is 8.62. The largest absolute Gasteiger partial charge is 0.416 e. The van der Waals surface area contributed by atoms with E-state index in [0.717, 1.165) is 12.3 Å². The van der Waals surface area contributed by atoms with Crippen molar-refractivity contribution in [2.45, 2.75) is 18.8 Å². The van der Waals surface area contributed by atoms with E-state index in [9.17, 15) is 23.1 Å². The molecule has 2 heterocycles. The second-order valence-corrected chi connectivity index (χ2v) is 9.52. The van der Waals surface area contributed by atoms with E-state index in [2.05, 4.69) is 10.3 Å². The molecule has 1 fully saturated rings. The highest BCUT2D eigenvalue weighted by molar-refractivity contribution is 8.18. The van der Waals surface area contributed by atoms with E-state index < -0.39 is 11.7 Å². The monoisotopic (exact) mass is 538 g/mol. The van der Waals surface area contributed by atoms with Crippen LogP contribution in [0, 0.1) is 5.41 Å². The first-order valence-corrected chi connectivity index (χ1v) is 12.1. The molecule has 0 unspecified atom stereocenters. The summed E-state index contributed by atoms with van der Waals surface area (Å²) in [6.45, 7) is 1.19. The zero-order chi connectivity index (χ0) is 25.9. The number of halogens is 4. The Balaban J connectivity index is 1.47. The van der Waals surface area contributed by atoms with Crippen LogP contribution in [0.5, 0.6) is 0 Å². The van der Waals surface area contributed by atoms with Crippen LogP contribution >= 0.6 is 23.4 Å². The van der Waals surface area contributed by atoms with Crippen LogP contribution in [0.2, 0.25) is 5.02 Å². The summed E-state index contributed by atoms with van der Waals surface area (Å²) in [5.74, 6) is -0.386. The van der Waals surface area contributed by atoms with Crippen molar-refractivity contribution in [3.05, 3.63) is 68.6 Å². The number of aliphatic hydroxyl groups excluding tert-OH is 1. The van der Waals surface area contributed by atoms with E-state index in [4.69, 9.17) is 21.7 Å². The minimum absolute atomic E-state index is 0.00283. The molecule has 190 valence electrons. The van der Waals surface area contributed by atoms with Gasteiger partial charge in [-0.1, -0.05) is 23.7 Å². The first-order valence-electron chi connectivity index (χ1n) is 10.9. The van der Waals surface area contributed by atoms with Gasteiger partial charge in [-0.3, -0.25) is 4.79 Å². The van der Waals surface area contributed by atoms with E-state index in [-0.39, 0.29) is 35.7 Å². The van der Waals surface area contributed by atoms with Crippen molar-refractivity contribution < 1.29 is 27.8 Å². The molecule has 2 aromatic carbocycles. The van der Waals surface area contributed by atoms with Gasteiger partial charge in [0.15, 0.2) is 5.17 Å². The van der Waals surface area contributed by atoms with Crippen molar-refractivity contribution in [3.8, 4) is 0 Å². The summed E-state index contributed by atoms with van der Waals surface area (Å²) < 4.78 is 45.6. The molecule has 12 heteroatoms. The smallest absolute Gasteiger partial charge is 0.394 e. The normalized spacial score (nSPS) is 19.5. The first kappa shape index (κ1) is 26.2. The molecule has 4 rings (SSSR count). The molecule has 1 atom stereocenters. The lowest BCUT2D eigenvalue weighted by molar-refractivity contribution is -0.138. The van der Waals surface area contributed by atoms with Gasteiger partial charge in [0.05, 0.1) is 29.8 Å². The minimum Gasteiger partial charge on any atom is -0.394 e. The van der Waals surface area contributed by atoms with Crippen molar-refractivity contribution in [3.63, 3.8) is 0 Å². The Morgan fingerprint density at radius 2 is 2.11 bits per heavy atom. The van der Waals surface area contributed by atoms with Gasteiger partial charge in [0.25, 0.3) is 5.91 Å². The molecule has 0 radical (unpaired) electrons. The molecule has 2 aliphatic rings. The Morgan fingerprint density at radius 1 is 1.31 bits per heavy atom. The van der Waals surface area contributed by atoms with Crippen LogP contribution < -0.4 is 5.32 Å². The highest BCUT2D eigenvalue weighted by atomic mass is 35.5. The molecule has 0 bridgehead atoms. The molecule has 7 nitrogen and oxygen atoms in total. The number of thioether (sulfide) groups is 1. The number of nitrogens with one attached hydrogen (secondary N) is 2. The maximum Gasteiger partial charge on any atom is 0.416 e. The third-order valence-electron chi connectivity index (χ3n) is 5.60. The summed E-state index contributed by atoms with van der Waals surface area (Å²) in [5, 5.41) is 20.6. The summed E-state index contributed by atoms with van der Waals surface area (Å²) in [6.07, 6.45) is -2.13. The van der Waals surface area contributed by atoms with Gasteiger partial charge in [-0.15, -0.1) is 0 Å². The number of benzene rings is 2. The number of rotatable bonds is 6.